The van der Waals surface area contributed by atoms with E-state index in [-0.39, 0.29) is 5.91 Å². The predicted molar refractivity (Wildman–Crippen MR) is 92.3 cm³/mol. The Hall–Kier alpha value is -2.63. The first-order valence-corrected chi connectivity index (χ1v) is 8.25. The van der Waals surface area contributed by atoms with Gasteiger partial charge in [-0.3, -0.25) is 4.79 Å². The van der Waals surface area contributed by atoms with Gasteiger partial charge in [-0.2, -0.15) is 0 Å². The molecule has 2 heterocycles. The molecule has 1 aliphatic rings. The molecular weight excluding hydrogens is 304 g/mol. The van der Waals surface area contributed by atoms with Crippen LogP contribution in [0.1, 0.15) is 35.3 Å². The Morgan fingerprint density at radius 3 is 2.88 bits per heavy atom. The number of nitrogens with one attached hydrogen (secondary N) is 1. The summed E-state index contributed by atoms with van der Waals surface area (Å²) in [5.41, 5.74) is 1.38. The number of aromatic nitrogens is 2. The fraction of sp³-hybridized carbons (Fsp3) is 0.389. The highest BCUT2D eigenvalue weighted by molar-refractivity contribution is 5.94. The number of carbonyl (C=O) groups is 1. The smallest absolute Gasteiger partial charge is 0.251 e. The lowest BCUT2D eigenvalue weighted by atomic mass is 10.1. The van der Waals surface area contributed by atoms with E-state index in [1.165, 1.54) is 19.3 Å². The van der Waals surface area contributed by atoms with Crippen LogP contribution >= 0.6 is 0 Å². The Balaban J connectivity index is 1.62. The lowest BCUT2D eigenvalue weighted by Gasteiger charge is -2.26. The van der Waals surface area contributed by atoms with Gasteiger partial charge in [-0.1, -0.05) is 6.07 Å². The molecule has 0 spiro atoms. The van der Waals surface area contributed by atoms with Crippen molar-refractivity contribution in [1.82, 2.24) is 15.3 Å². The van der Waals surface area contributed by atoms with E-state index in [0.717, 1.165) is 24.7 Å². The molecule has 1 aromatic carbocycles. The Morgan fingerprint density at radius 2 is 2.08 bits per heavy atom. The number of nitrogens with zero attached hydrogens (tertiary/aromatic N) is 3. The average Bonchev–Trinajstić information content (AvgIpc) is 2.67. The molecule has 0 bridgehead atoms. The van der Waals surface area contributed by atoms with E-state index in [1.807, 2.05) is 12.1 Å². The number of ether oxygens (including phenoxy) is 1. The van der Waals surface area contributed by atoms with Crippen LogP contribution in [0.25, 0.3) is 0 Å². The Kier molecular flexibility index (Phi) is 5.25. The van der Waals surface area contributed by atoms with Crippen molar-refractivity contribution in [1.29, 1.82) is 0 Å². The minimum Gasteiger partial charge on any atom is -0.497 e. The van der Waals surface area contributed by atoms with Gasteiger partial charge >= 0.3 is 0 Å². The topological polar surface area (TPSA) is 67.3 Å². The Labute approximate surface area is 141 Å². The molecule has 1 saturated heterocycles. The van der Waals surface area contributed by atoms with Crippen molar-refractivity contribution in [2.75, 3.05) is 25.1 Å². The van der Waals surface area contributed by atoms with Crippen LogP contribution in [0.4, 0.5) is 5.95 Å². The first kappa shape index (κ1) is 16.2. The van der Waals surface area contributed by atoms with E-state index in [4.69, 9.17) is 4.74 Å². The first-order valence-electron chi connectivity index (χ1n) is 8.25. The Morgan fingerprint density at radius 1 is 1.25 bits per heavy atom. The van der Waals surface area contributed by atoms with Gasteiger partial charge in [0.2, 0.25) is 5.95 Å². The molecule has 2 aromatic rings. The second kappa shape index (κ2) is 7.77. The lowest BCUT2D eigenvalue weighted by Crippen LogP contribution is -2.31. The van der Waals surface area contributed by atoms with Crippen LogP contribution in [-0.2, 0) is 6.54 Å². The Bertz CT molecular complexity index is 699. The van der Waals surface area contributed by atoms with Crippen molar-refractivity contribution in [2.24, 2.45) is 0 Å². The van der Waals surface area contributed by atoms with E-state index in [2.05, 4.69) is 20.2 Å². The highest BCUT2D eigenvalue weighted by Crippen LogP contribution is 2.16. The number of rotatable bonds is 5. The van der Waals surface area contributed by atoms with Crippen molar-refractivity contribution in [3.05, 3.63) is 47.8 Å². The molecule has 0 radical (unpaired) electrons. The molecule has 0 saturated carbocycles. The molecule has 6 nitrogen and oxygen atoms in total. The third-order valence-electron chi connectivity index (χ3n) is 4.10. The van der Waals surface area contributed by atoms with Crippen LogP contribution in [0, 0.1) is 0 Å². The number of methoxy groups -OCH3 is 1. The average molecular weight is 326 g/mol. The zero-order chi connectivity index (χ0) is 16.8. The molecule has 1 aromatic heterocycles. The van der Waals surface area contributed by atoms with E-state index in [0.29, 0.717) is 17.9 Å². The summed E-state index contributed by atoms with van der Waals surface area (Å²) in [6.45, 7) is 2.37. The summed E-state index contributed by atoms with van der Waals surface area (Å²) in [4.78, 5) is 23.4. The SMILES string of the molecule is COc1cccc(C(=O)NCc2ccnc(N3CCCCC3)n2)c1. The zero-order valence-electron chi connectivity index (χ0n) is 13.9. The monoisotopic (exact) mass is 326 g/mol. The summed E-state index contributed by atoms with van der Waals surface area (Å²) in [5.74, 6) is 1.27. The summed E-state index contributed by atoms with van der Waals surface area (Å²) in [6.07, 6.45) is 5.39. The van der Waals surface area contributed by atoms with E-state index in [1.54, 1.807) is 31.5 Å². The van der Waals surface area contributed by atoms with Gasteiger partial charge in [-0.15, -0.1) is 0 Å². The molecule has 6 heteroatoms. The number of carbonyl (C=O) groups excluding carboxylic acids is 1. The molecule has 0 aliphatic carbocycles. The number of benzene rings is 1. The van der Waals surface area contributed by atoms with Gasteiger partial charge in [0.1, 0.15) is 5.75 Å². The zero-order valence-corrected chi connectivity index (χ0v) is 13.9. The first-order chi connectivity index (χ1) is 11.8. The quantitative estimate of drug-likeness (QED) is 0.914. The molecule has 1 aliphatic heterocycles. The molecule has 0 unspecified atom stereocenters. The highest BCUT2D eigenvalue weighted by atomic mass is 16.5. The van der Waals surface area contributed by atoms with Crippen LogP contribution in [0.15, 0.2) is 36.5 Å². The maximum absolute atomic E-state index is 12.3. The summed E-state index contributed by atoms with van der Waals surface area (Å²) in [6, 6.07) is 8.92. The second-order valence-electron chi connectivity index (χ2n) is 5.81. The molecule has 126 valence electrons. The molecular formula is C18H22N4O2. The highest BCUT2D eigenvalue weighted by Gasteiger charge is 2.14. The number of hydrogen-bond acceptors (Lipinski definition) is 5. The predicted octanol–water partition coefficient (Wildman–Crippen LogP) is 2.41. The molecule has 1 amide bonds. The van der Waals surface area contributed by atoms with Gasteiger partial charge in [0, 0.05) is 24.8 Å². The van der Waals surface area contributed by atoms with Gasteiger partial charge in [-0.25, -0.2) is 9.97 Å². The maximum Gasteiger partial charge on any atom is 0.251 e. The molecule has 1 fully saturated rings. The minimum atomic E-state index is -0.146. The summed E-state index contributed by atoms with van der Waals surface area (Å²) in [5, 5.41) is 2.89. The lowest BCUT2D eigenvalue weighted by molar-refractivity contribution is 0.0950. The molecule has 0 atom stereocenters. The maximum atomic E-state index is 12.3. The van der Waals surface area contributed by atoms with Crippen molar-refractivity contribution < 1.29 is 9.53 Å². The van der Waals surface area contributed by atoms with Gasteiger partial charge in [-0.05, 0) is 43.5 Å². The van der Waals surface area contributed by atoms with Crippen LogP contribution in [0.3, 0.4) is 0 Å². The van der Waals surface area contributed by atoms with Crippen LogP contribution < -0.4 is 15.0 Å². The molecule has 24 heavy (non-hydrogen) atoms. The van der Waals surface area contributed by atoms with Crippen molar-refractivity contribution in [3.8, 4) is 5.75 Å². The van der Waals surface area contributed by atoms with Gasteiger partial charge < -0.3 is 15.0 Å². The van der Waals surface area contributed by atoms with Crippen LogP contribution in [0.2, 0.25) is 0 Å². The van der Waals surface area contributed by atoms with Gasteiger partial charge in [0.25, 0.3) is 5.91 Å². The van der Waals surface area contributed by atoms with Crippen molar-refractivity contribution in [3.63, 3.8) is 0 Å². The third-order valence-corrected chi connectivity index (χ3v) is 4.10. The number of amides is 1. The number of anilines is 1. The minimum absolute atomic E-state index is 0.146. The number of piperidine rings is 1. The third kappa shape index (κ3) is 4.01. The van der Waals surface area contributed by atoms with Crippen LogP contribution in [0.5, 0.6) is 5.75 Å². The molecule has 3 rings (SSSR count). The number of hydrogen-bond donors (Lipinski definition) is 1. The van der Waals surface area contributed by atoms with E-state index < -0.39 is 0 Å². The van der Waals surface area contributed by atoms with Gasteiger partial charge in [0.05, 0.1) is 19.3 Å². The van der Waals surface area contributed by atoms with Crippen molar-refractivity contribution in [2.45, 2.75) is 25.8 Å². The second-order valence-corrected chi connectivity index (χ2v) is 5.81. The van der Waals surface area contributed by atoms with E-state index in [9.17, 15) is 4.79 Å². The van der Waals surface area contributed by atoms with Gasteiger partial charge in [0.15, 0.2) is 0 Å². The van der Waals surface area contributed by atoms with E-state index >= 15 is 0 Å². The normalized spacial score (nSPS) is 14.3. The van der Waals surface area contributed by atoms with Crippen LogP contribution in [-0.4, -0.2) is 36.1 Å². The summed E-state index contributed by atoms with van der Waals surface area (Å²) >= 11 is 0. The fourth-order valence-electron chi connectivity index (χ4n) is 2.77. The fourth-order valence-corrected chi connectivity index (χ4v) is 2.77. The largest absolute Gasteiger partial charge is 0.497 e. The molecule has 1 N–H and O–H groups in total. The van der Waals surface area contributed by atoms with Crippen molar-refractivity contribution >= 4 is 11.9 Å². The summed E-state index contributed by atoms with van der Waals surface area (Å²) in [7, 11) is 1.58. The summed E-state index contributed by atoms with van der Waals surface area (Å²) < 4.78 is 5.14. The standard InChI is InChI=1S/C18H22N4O2/c1-24-16-7-5-6-14(12-16)17(23)20-13-15-8-9-19-18(21-15)22-10-3-2-4-11-22/h5-9,12H,2-4,10-11,13H2,1H3,(H,20,23).